The molecule has 0 bridgehead atoms. The summed E-state index contributed by atoms with van der Waals surface area (Å²) in [6, 6.07) is 10.5. The summed E-state index contributed by atoms with van der Waals surface area (Å²) in [5.74, 6) is 1.64. The van der Waals surface area contributed by atoms with Gasteiger partial charge in [0, 0.05) is 23.2 Å². The number of nitrogens with one attached hydrogen (secondary N) is 2. The molecule has 0 atom stereocenters. The van der Waals surface area contributed by atoms with Gasteiger partial charge in [-0.1, -0.05) is 18.2 Å². The van der Waals surface area contributed by atoms with Crippen LogP contribution in [0.4, 0.5) is 5.82 Å². The van der Waals surface area contributed by atoms with Crippen molar-refractivity contribution in [1.82, 2.24) is 15.0 Å². The Morgan fingerprint density at radius 2 is 2.10 bits per heavy atom. The van der Waals surface area contributed by atoms with Gasteiger partial charge in [0.1, 0.15) is 5.82 Å². The number of para-hydroxylation sites is 1. The number of hydrogen-bond donors (Lipinski definition) is 2. The number of aromatic amines is 1. The number of nitrogens with zero attached hydrogens (tertiary/aromatic N) is 2. The van der Waals surface area contributed by atoms with Crippen LogP contribution in [-0.2, 0) is 5.75 Å². The first-order valence-electron chi connectivity index (χ1n) is 6.60. The lowest BCUT2D eigenvalue weighted by Gasteiger charge is -2.02. The van der Waals surface area contributed by atoms with Crippen LogP contribution in [0.25, 0.3) is 10.9 Å². The molecule has 0 fully saturated rings. The van der Waals surface area contributed by atoms with E-state index in [0.29, 0.717) is 0 Å². The molecule has 0 aliphatic carbocycles. The zero-order chi connectivity index (χ0) is 13.8. The highest BCUT2D eigenvalue weighted by Crippen LogP contribution is 2.25. The maximum absolute atomic E-state index is 4.41. The molecule has 3 rings (SSSR count). The van der Waals surface area contributed by atoms with E-state index in [1.807, 2.05) is 19.2 Å². The van der Waals surface area contributed by atoms with Gasteiger partial charge in [-0.05, 0) is 19.1 Å². The second-order valence-corrected chi connectivity index (χ2v) is 5.45. The number of thioether (sulfide) groups is 1. The van der Waals surface area contributed by atoms with Crippen molar-refractivity contribution in [3.05, 3.63) is 48.4 Å². The minimum absolute atomic E-state index is 0.812. The SMILES string of the molecule is CCNc1cnc(CSc2cc3ccccc3[nH]2)cn1. The molecule has 1 aromatic carbocycles. The van der Waals surface area contributed by atoms with Gasteiger partial charge in [-0.2, -0.15) is 0 Å². The molecule has 0 spiro atoms. The second-order valence-electron chi connectivity index (χ2n) is 4.43. The summed E-state index contributed by atoms with van der Waals surface area (Å²) in [5.41, 5.74) is 2.15. The lowest BCUT2D eigenvalue weighted by atomic mass is 10.3. The van der Waals surface area contributed by atoms with Gasteiger partial charge >= 0.3 is 0 Å². The van der Waals surface area contributed by atoms with E-state index < -0.39 is 0 Å². The number of hydrogen-bond acceptors (Lipinski definition) is 4. The summed E-state index contributed by atoms with van der Waals surface area (Å²) >= 11 is 1.74. The van der Waals surface area contributed by atoms with Gasteiger partial charge in [-0.15, -0.1) is 11.8 Å². The molecule has 2 heterocycles. The predicted molar refractivity (Wildman–Crippen MR) is 84.1 cm³/mol. The third-order valence-electron chi connectivity index (χ3n) is 2.94. The van der Waals surface area contributed by atoms with E-state index >= 15 is 0 Å². The Labute approximate surface area is 122 Å². The smallest absolute Gasteiger partial charge is 0.144 e. The van der Waals surface area contributed by atoms with Crippen LogP contribution in [0.2, 0.25) is 0 Å². The number of H-pyrrole nitrogens is 1. The summed E-state index contributed by atoms with van der Waals surface area (Å²) in [4.78, 5) is 12.1. The van der Waals surface area contributed by atoms with E-state index in [0.717, 1.165) is 28.8 Å². The molecule has 0 aliphatic heterocycles. The summed E-state index contributed by atoms with van der Waals surface area (Å²) in [5, 5.41) is 5.54. The van der Waals surface area contributed by atoms with Crippen LogP contribution in [0.3, 0.4) is 0 Å². The summed E-state index contributed by atoms with van der Waals surface area (Å²) in [6.45, 7) is 2.90. The van der Waals surface area contributed by atoms with E-state index in [-0.39, 0.29) is 0 Å². The molecule has 0 radical (unpaired) electrons. The van der Waals surface area contributed by atoms with Crippen molar-refractivity contribution < 1.29 is 0 Å². The first kappa shape index (κ1) is 13.0. The van der Waals surface area contributed by atoms with E-state index in [9.17, 15) is 0 Å². The zero-order valence-corrected chi connectivity index (χ0v) is 12.1. The van der Waals surface area contributed by atoms with Crippen molar-refractivity contribution in [1.29, 1.82) is 0 Å². The fourth-order valence-corrected chi connectivity index (χ4v) is 2.82. The van der Waals surface area contributed by atoms with Gasteiger partial charge in [0.25, 0.3) is 0 Å². The molecular weight excluding hydrogens is 268 g/mol. The maximum atomic E-state index is 4.41. The topological polar surface area (TPSA) is 53.6 Å². The Balaban J connectivity index is 1.66. The van der Waals surface area contributed by atoms with Crippen LogP contribution in [0.1, 0.15) is 12.6 Å². The molecule has 0 saturated carbocycles. The molecule has 3 aromatic rings. The fourth-order valence-electron chi connectivity index (χ4n) is 1.98. The number of benzene rings is 1. The monoisotopic (exact) mass is 284 g/mol. The van der Waals surface area contributed by atoms with Gasteiger partial charge in [-0.25, -0.2) is 4.98 Å². The number of anilines is 1. The van der Waals surface area contributed by atoms with E-state index in [1.54, 1.807) is 18.0 Å². The average Bonchev–Trinajstić information content (AvgIpc) is 2.90. The van der Waals surface area contributed by atoms with Crippen LogP contribution >= 0.6 is 11.8 Å². The van der Waals surface area contributed by atoms with Crippen molar-refractivity contribution in [3.63, 3.8) is 0 Å². The molecule has 0 unspecified atom stereocenters. The lowest BCUT2D eigenvalue weighted by Crippen LogP contribution is -2.00. The highest BCUT2D eigenvalue weighted by atomic mass is 32.2. The van der Waals surface area contributed by atoms with Crippen molar-refractivity contribution in [2.75, 3.05) is 11.9 Å². The predicted octanol–water partition coefficient (Wildman–Crippen LogP) is 3.68. The number of aromatic nitrogens is 3. The van der Waals surface area contributed by atoms with Crippen LogP contribution in [-0.4, -0.2) is 21.5 Å². The normalized spacial score (nSPS) is 10.8. The Kier molecular flexibility index (Phi) is 3.87. The van der Waals surface area contributed by atoms with Crippen molar-refractivity contribution in [3.8, 4) is 0 Å². The van der Waals surface area contributed by atoms with Gasteiger partial charge < -0.3 is 10.3 Å². The Bertz CT molecular complexity index is 657. The highest BCUT2D eigenvalue weighted by molar-refractivity contribution is 7.98. The zero-order valence-electron chi connectivity index (χ0n) is 11.3. The van der Waals surface area contributed by atoms with Crippen LogP contribution in [0.5, 0.6) is 0 Å². The average molecular weight is 284 g/mol. The molecule has 2 N–H and O–H groups in total. The van der Waals surface area contributed by atoms with Crippen molar-refractivity contribution in [2.45, 2.75) is 17.7 Å². The molecule has 20 heavy (non-hydrogen) atoms. The molecule has 4 nitrogen and oxygen atoms in total. The van der Waals surface area contributed by atoms with Crippen LogP contribution < -0.4 is 5.32 Å². The van der Waals surface area contributed by atoms with E-state index in [2.05, 4.69) is 44.5 Å². The molecule has 0 saturated heterocycles. The van der Waals surface area contributed by atoms with Crippen LogP contribution in [0, 0.1) is 0 Å². The quantitative estimate of drug-likeness (QED) is 0.702. The number of rotatable bonds is 5. The van der Waals surface area contributed by atoms with Crippen molar-refractivity contribution >= 4 is 28.5 Å². The molecule has 0 aliphatic rings. The third-order valence-corrected chi connectivity index (χ3v) is 3.92. The lowest BCUT2D eigenvalue weighted by molar-refractivity contribution is 1.07. The van der Waals surface area contributed by atoms with Gasteiger partial charge in [-0.3, -0.25) is 4.98 Å². The largest absolute Gasteiger partial charge is 0.369 e. The molecule has 2 aromatic heterocycles. The van der Waals surface area contributed by atoms with Crippen LogP contribution in [0.15, 0.2) is 47.8 Å². The Morgan fingerprint density at radius 1 is 1.20 bits per heavy atom. The van der Waals surface area contributed by atoms with Gasteiger partial charge in [0.2, 0.25) is 0 Å². The Morgan fingerprint density at radius 3 is 2.85 bits per heavy atom. The summed E-state index contributed by atoms with van der Waals surface area (Å²) in [7, 11) is 0. The molecule has 5 heteroatoms. The van der Waals surface area contributed by atoms with Gasteiger partial charge in [0.15, 0.2) is 0 Å². The van der Waals surface area contributed by atoms with E-state index in [4.69, 9.17) is 0 Å². The van der Waals surface area contributed by atoms with Gasteiger partial charge in [0.05, 0.1) is 23.1 Å². The van der Waals surface area contributed by atoms with E-state index in [1.165, 1.54) is 10.9 Å². The molecule has 102 valence electrons. The minimum Gasteiger partial charge on any atom is -0.369 e. The third kappa shape index (κ3) is 2.93. The first-order valence-corrected chi connectivity index (χ1v) is 7.59. The number of fused-ring (bicyclic) bond motifs is 1. The first-order chi connectivity index (χ1) is 9.85. The maximum Gasteiger partial charge on any atom is 0.144 e. The Hall–Kier alpha value is -2.01. The second kappa shape index (κ2) is 5.96. The summed E-state index contributed by atoms with van der Waals surface area (Å²) < 4.78 is 0. The summed E-state index contributed by atoms with van der Waals surface area (Å²) in [6.07, 6.45) is 3.61. The standard InChI is InChI=1S/C15H16N4S/c1-2-16-14-9-17-12(8-18-14)10-20-15-7-11-5-3-4-6-13(11)19-15/h3-9,19H,2,10H2,1H3,(H,16,18). The fraction of sp³-hybridized carbons (Fsp3) is 0.200. The molecule has 0 amide bonds. The minimum atomic E-state index is 0.812. The highest BCUT2D eigenvalue weighted by Gasteiger charge is 2.02. The van der Waals surface area contributed by atoms with Crippen molar-refractivity contribution in [2.24, 2.45) is 0 Å². The molecular formula is C15H16N4S.